The first kappa shape index (κ1) is 16.1. The number of aromatic hydroxyl groups is 2. The number of benzene rings is 1. The molecule has 0 radical (unpaired) electrons. The summed E-state index contributed by atoms with van der Waals surface area (Å²) in [4.78, 5) is 23.8. The fourth-order valence-electron chi connectivity index (χ4n) is 2.70. The van der Waals surface area contributed by atoms with Crippen molar-refractivity contribution in [3.8, 4) is 11.5 Å². The highest BCUT2D eigenvalue weighted by atomic mass is 16.3. The first-order valence-corrected chi connectivity index (χ1v) is 7.65. The van der Waals surface area contributed by atoms with Crippen molar-refractivity contribution in [1.29, 1.82) is 0 Å². The second-order valence-electron chi connectivity index (χ2n) is 5.62. The lowest BCUT2D eigenvalue weighted by atomic mass is 9.89. The Bertz CT molecular complexity index is 519. The lowest BCUT2D eigenvalue weighted by Gasteiger charge is -2.20. The highest BCUT2D eigenvalue weighted by Gasteiger charge is 2.20. The van der Waals surface area contributed by atoms with Crippen molar-refractivity contribution in [2.45, 2.75) is 32.1 Å². The Kier molecular flexibility index (Phi) is 5.63. The van der Waals surface area contributed by atoms with Gasteiger partial charge in [-0.1, -0.05) is 19.3 Å². The van der Waals surface area contributed by atoms with E-state index in [1.54, 1.807) is 0 Å². The number of phenols is 2. The van der Waals surface area contributed by atoms with E-state index >= 15 is 0 Å². The van der Waals surface area contributed by atoms with E-state index in [2.05, 4.69) is 10.6 Å². The van der Waals surface area contributed by atoms with Crippen molar-refractivity contribution in [2.24, 2.45) is 5.92 Å². The Hall–Kier alpha value is -2.24. The van der Waals surface area contributed by atoms with Crippen LogP contribution in [0.15, 0.2) is 18.2 Å². The summed E-state index contributed by atoms with van der Waals surface area (Å²) in [6.07, 6.45) is 5.31. The van der Waals surface area contributed by atoms with Crippen LogP contribution >= 0.6 is 0 Å². The van der Waals surface area contributed by atoms with E-state index in [9.17, 15) is 19.8 Å². The number of phenolic OH excluding ortho intramolecular Hbond substituents is 2. The number of hydrogen-bond acceptors (Lipinski definition) is 4. The van der Waals surface area contributed by atoms with Crippen LogP contribution in [-0.2, 0) is 4.79 Å². The summed E-state index contributed by atoms with van der Waals surface area (Å²) in [5.41, 5.74) is 0.177. The minimum absolute atomic E-state index is 0.0592. The molecule has 0 aromatic heterocycles. The molecule has 120 valence electrons. The van der Waals surface area contributed by atoms with Gasteiger partial charge in [0.25, 0.3) is 5.91 Å². The Balaban J connectivity index is 1.71. The third-order valence-corrected chi connectivity index (χ3v) is 3.85. The summed E-state index contributed by atoms with van der Waals surface area (Å²) >= 11 is 0. The van der Waals surface area contributed by atoms with E-state index in [-0.39, 0.29) is 28.9 Å². The molecule has 1 aromatic carbocycles. The first-order valence-electron chi connectivity index (χ1n) is 7.65. The molecule has 2 amide bonds. The lowest BCUT2D eigenvalue weighted by Crippen LogP contribution is -2.38. The van der Waals surface area contributed by atoms with Crippen LogP contribution in [0.5, 0.6) is 11.5 Å². The molecule has 1 saturated carbocycles. The normalized spacial score (nSPS) is 15.3. The molecule has 0 aliphatic heterocycles. The van der Waals surface area contributed by atoms with Gasteiger partial charge in [-0.05, 0) is 25.0 Å². The maximum absolute atomic E-state index is 11.9. The molecule has 0 unspecified atom stereocenters. The van der Waals surface area contributed by atoms with Gasteiger partial charge in [0.05, 0.1) is 0 Å². The first-order chi connectivity index (χ1) is 10.6. The van der Waals surface area contributed by atoms with Gasteiger partial charge in [-0.15, -0.1) is 0 Å². The number of amides is 2. The smallest absolute Gasteiger partial charge is 0.251 e. The largest absolute Gasteiger partial charge is 0.508 e. The predicted molar refractivity (Wildman–Crippen MR) is 81.7 cm³/mol. The summed E-state index contributed by atoms with van der Waals surface area (Å²) in [7, 11) is 0. The van der Waals surface area contributed by atoms with Crippen molar-refractivity contribution in [3.63, 3.8) is 0 Å². The molecule has 22 heavy (non-hydrogen) atoms. The Morgan fingerprint density at radius 2 is 1.55 bits per heavy atom. The van der Waals surface area contributed by atoms with Crippen molar-refractivity contribution in [1.82, 2.24) is 10.6 Å². The van der Waals surface area contributed by atoms with Crippen LogP contribution in [-0.4, -0.2) is 35.1 Å². The maximum atomic E-state index is 11.9. The van der Waals surface area contributed by atoms with Gasteiger partial charge in [0, 0.05) is 30.6 Å². The summed E-state index contributed by atoms with van der Waals surface area (Å²) < 4.78 is 0. The number of hydrogen-bond donors (Lipinski definition) is 4. The zero-order valence-electron chi connectivity index (χ0n) is 12.5. The SMILES string of the molecule is O=C(NCCNC(=O)C1CCCCC1)c1cc(O)cc(O)c1. The maximum Gasteiger partial charge on any atom is 0.251 e. The Morgan fingerprint density at radius 1 is 0.955 bits per heavy atom. The zero-order chi connectivity index (χ0) is 15.9. The minimum Gasteiger partial charge on any atom is -0.508 e. The monoisotopic (exact) mass is 306 g/mol. The Morgan fingerprint density at radius 3 is 2.18 bits per heavy atom. The van der Waals surface area contributed by atoms with Crippen LogP contribution in [0.4, 0.5) is 0 Å². The molecule has 0 bridgehead atoms. The minimum atomic E-state index is -0.405. The van der Waals surface area contributed by atoms with Gasteiger partial charge in [0.1, 0.15) is 11.5 Å². The van der Waals surface area contributed by atoms with E-state index < -0.39 is 5.91 Å². The molecule has 2 rings (SSSR count). The highest BCUT2D eigenvalue weighted by molar-refractivity contribution is 5.95. The fourth-order valence-corrected chi connectivity index (χ4v) is 2.70. The molecule has 1 aliphatic rings. The summed E-state index contributed by atoms with van der Waals surface area (Å²) in [5, 5.41) is 24.1. The third kappa shape index (κ3) is 4.65. The zero-order valence-corrected chi connectivity index (χ0v) is 12.5. The molecule has 4 N–H and O–H groups in total. The third-order valence-electron chi connectivity index (χ3n) is 3.85. The molecule has 0 atom stereocenters. The van der Waals surface area contributed by atoms with Crippen molar-refractivity contribution in [3.05, 3.63) is 23.8 Å². The summed E-state index contributed by atoms with van der Waals surface area (Å²) in [5.74, 6) is -0.582. The van der Waals surface area contributed by atoms with Crippen molar-refractivity contribution < 1.29 is 19.8 Å². The van der Waals surface area contributed by atoms with Crippen LogP contribution < -0.4 is 10.6 Å². The van der Waals surface area contributed by atoms with Gasteiger partial charge >= 0.3 is 0 Å². The second-order valence-corrected chi connectivity index (χ2v) is 5.62. The molecule has 1 aromatic rings. The molecule has 0 spiro atoms. The average Bonchev–Trinajstić information content (AvgIpc) is 2.51. The predicted octanol–water partition coefficient (Wildman–Crippen LogP) is 1.52. The quantitative estimate of drug-likeness (QED) is 0.620. The molecule has 1 aliphatic carbocycles. The van der Waals surface area contributed by atoms with Crippen LogP contribution in [0.1, 0.15) is 42.5 Å². The van der Waals surface area contributed by atoms with Crippen LogP contribution in [0, 0.1) is 5.92 Å². The van der Waals surface area contributed by atoms with Crippen molar-refractivity contribution >= 4 is 11.8 Å². The fraction of sp³-hybridized carbons (Fsp3) is 0.500. The van der Waals surface area contributed by atoms with Crippen LogP contribution in [0.3, 0.4) is 0 Å². The van der Waals surface area contributed by atoms with Gasteiger partial charge in [-0.3, -0.25) is 9.59 Å². The van der Waals surface area contributed by atoms with Gasteiger partial charge in [0.2, 0.25) is 5.91 Å². The van der Waals surface area contributed by atoms with E-state index in [1.165, 1.54) is 18.6 Å². The number of carbonyl (C=O) groups is 2. The van der Waals surface area contributed by atoms with Gasteiger partial charge in [0.15, 0.2) is 0 Å². The van der Waals surface area contributed by atoms with Gasteiger partial charge in [-0.2, -0.15) is 0 Å². The topological polar surface area (TPSA) is 98.7 Å². The van der Waals surface area contributed by atoms with Gasteiger partial charge in [-0.25, -0.2) is 0 Å². The van der Waals surface area contributed by atoms with Crippen LogP contribution in [0.25, 0.3) is 0 Å². The number of nitrogens with one attached hydrogen (secondary N) is 2. The molecule has 0 heterocycles. The van der Waals surface area contributed by atoms with E-state index in [4.69, 9.17) is 0 Å². The lowest BCUT2D eigenvalue weighted by molar-refractivity contribution is -0.125. The highest BCUT2D eigenvalue weighted by Crippen LogP contribution is 2.23. The van der Waals surface area contributed by atoms with Crippen LogP contribution in [0.2, 0.25) is 0 Å². The van der Waals surface area contributed by atoms with Crippen molar-refractivity contribution in [2.75, 3.05) is 13.1 Å². The molecule has 1 fully saturated rings. The summed E-state index contributed by atoms with van der Waals surface area (Å²) in [6.45, 7) is 0.666. The molecular weight excluding hydrogens is 284 g/mol. The van der Waals surface area contributed by atoms with E-state index in [0.29, 0.717) is 13.1 Å². The number of rotatable bonds is 5. The second kappa shape index (κ2) is 7.68. The average molecular weight is 306 g/mol. The Labute approximate surface area is 129 Å². The van der Waals surface area contributed by atoms with Gasteiger partial charge < -0.3 is 20.8 Å². The number of carbonyl (C=O) groups excluding carboxylic acids is 2. The molecule has 0 saturated heterocycles. The molecular formula is C16H22N2O4. The van der Waals surface area contributed by atoms with E-state index in [1.807, 2.05) is 0 Å². The molecule has 6 heteroatoms. The molecule has 6 nitrogen and oxygen atoms in total. The standard InChI is InChI=1S/C16H22N2O4/c19-13-8-12(9-14(20)10-13)16(22)18-7-6-17-15(21)11-4-2-1-3-5-11/h8-11,19-20H,1-7H2,(H,17,21)(H,18,22). The summed E-state index contributed by atoms with van der Waals surface area (Å²) in [6, 6.07) is 3.70. The van der Waals surface area contributed by atoms with E-state index in [0.717, 1.165) is 31.7 Å².